The van der Waals surface area contributed by atoms with Crippen molar-refractivity contribution in [2.75, 3.05) is 31.3 Å². The third kappa shape index (κ3) is 3.95. The van der Waals surface area contributed by atoms with Crippen LogP contribution in [-0.4, -0.2) is 46.5 Å². The molecular formula is C17H21NO8S. The molecule has 0 aliphatic heterocycles. The molecule has 0 aliphatic rings. The normalized spacial score (nSPS) is 11.1. The second-order valence-electron chi connectivity index (χ2n) is 5.44. The number of benzene rings is 1. The van der Waals surface area contributed by atoms with E-state index in [0.717, 1.165) is 11.2 Å². The first-order chi connectivity index (χ1) is 12.7. The standard InChI is InChI=1S/C17H21NO8S/c1-6-27(21,22)18(3)17-16(25-10(2)19)14(20)15(26-17)12-9-11(23-4)7-8-13(12)24-5/h7-9,20H,6H2,1-5H3. The lowest BCUT2D eigenvalue weighted by molar-refractivity contribution is -0.132. The Morgan fingerprint density at radius 2 is 1.93 bits per heavy atom. The lowest BCUT2D eigenvalue weighted by atomic mass is 10.1. The van der Waals surface area contributed by atoms with Crippen LogP contribution in [0.5, 0.6) is 23.0 Å². The maximum atomic E-state index is 12.2. The van der Waals surface area contributed by atoms with Gasteiger partial charge in [0.15, 0.2) is 5.76 Å². The van der Waals surface area contributed by atoms with Crippen molar-refractivity contribution < 1.29 is 36.9 Å². The van der Waals surface area contributed by atoms with Gasteiger partial charge in [0.05, 0.1) is 25.5 Å². The predicted molar refractivity (Wildman–Crippen MR) is 98.1 cm³/mol. The van der Waals surface area contributed by atoms with Crippen molar-refractivity contribution in [1.82, 2.24) is 0 Å². The summed E-state index contributed by atoms with van der Waals surface area (Å²) < 4.78 is 46.3. The summed E-state index contributed by atoms with van der Waals surface area (Å²) in [6, 6.07) is 4.77. The summed E-state index contributed by atoms with van der Waals surface area (Å²) in [6.45, 7) is 2.57. The summed E-state index contributed by atoms with van der Waals surface area (Å²) in [5.41, 5.74) is 0.288. The van der Waals surface area contributed by atoms with Crippen molar-refractivity contribution >= 4 is 21.9 Å². The van der Waals surface area contributed by atoms with Gasteiger partial charge in [-0.05, 0) is 25.1 Å². The Labute approximate surface area is 157 Å². The van der Waals surface area contributed by atoms with E-state index >= 15 is 0 Å². The second-order valence-corrected chi connectivity index (χ2v) is 7.73. The predicted octanol–water partition coefficient (Wildman–Crippen LogP) is 2.38. The van der Waals surface area contributed by atoms with Gasteiger partial charge in [0.25, 0.3) is 5.88 Å². The SMILES string of the molecule is CCS(=O)(=O)N(C)c1oc(-c2cc(OC)ccc2OC)c(O)c1OC(C)=O. The number of furan rings is 1. The molecule has 1 heterocycles. The van der Waals surface area contributed by atoms with E-state index in [1.54, 1.807) is 12.1 Å². The first-order valence-corrected chi connectivity index (χ1v) is 9.50. The second kappa shape index (κ2) is 7.78. The Bertz CT molecular complexity index is 948. The molecule has 0 unspecified atom stereocenters. The number of anilines is 1. The minimum Gasteiger partial charge on any atom is -0.502 e. The highest BCUT2D eigenvalue weighted by Gasteiger charge is 2.32. The van der Waals surface area contributed by atoms with Crippen LogP contribution in [0.25, 0.3) is 11.3 Å². The summed E-state index contributed by atoms with van der Waals surface area (Å²) in [7, 11) is 0.377. The highest BCUT2D eigenvalue weighted by Crippen LogP contribution is 2.50. The van der Waals surface area contributed by atoms with Crippen LogP contribution in [0.1, 0.15) is 13.8 Å². The van der Waals surface area contributed by atoms with Crippen LogP contribution in [0, 0.1) is 0 Å². The van der Waals surface area contributed by atoms with Gasteiger partial charge in [0, 0.05) is 14.0 Å². The van der Waals surface area contributed by atoms with Crippen molar-refractivity contribution in [3.63, 3.8) is 0 Å². The molecule has 0 saturated heterocycles. The monoisotopic (exact) mass is 399 g/mol. The minimum absolute atomic E-state index is 0.129. The smallest absolute Gasteiger partial charge is 0.308 e. The van der Waals surface area contributed by atoms with E-state index in [1.165, 1.54) is 34.3 Å². The van der Waals surface area contributed by atoms with Gasteiger partial charge in [-0.1, -0.05) is 0 Å². The molecule has 0 amide bonds. The lowest BCUT2D eigenvalue weighted by Gasteiger charge is -2.16. The van der Waals surface area contributed by atoms with Gasteiger partial charge in [0.1, 0.15) is 11.5 Å². The molecule has 148 valence electrons. The van der Waals surface area contributed by atoms with Crippen LogP contribution in [0.4, 0.5) is 5.88 Å². The third-order valence-corrected chi connectivity index (χ3v) is 5.52. The molecule has 0 radical (unpaired) electrons. The number of hydrogen-bond acceptors (Lipinski definition) is 8. The first kappa shape index (κ1) is 20.4. The molecule has 10 heteroatoms. The Morgan fingerprint density at radius 3 is 2.44 bits per heavy atom. The Kier molecular flexibility index (Phi) is 5.89. The molecule has 1 aromatic heterocycles. The summed E-state index contributed by atoms with van der Waals surface area (Å²) in [5.74, 6) is -1.58. The molecular weight excluding hydrogens is 378 g/mol. The summed E-state index contributed by atoms with van der Waals surface area (Å²) in [4.78, 5) is 11.4. The molecule has 1 N–H and O–H groups in total. The molecule has 9 nitrogen and oxygen atoms in total. The van der Waals surface area contributed by atoms with Gasteiger partial charge < -0.3 is 23.7 Å². The highest BCUT2D eigenvalue weighted by molar-refractivity contribution is 7.92. The molecule has 0 atom stereocenters. The van der Waals surface area contributed by atoms with E-state index < -0.39 is 27.5 Å². The molecule has 2 aromatic rings. The van der Waals surface area contributed by atoms with Gasteiger partial charge >= 0.3 is 5.97 Å². The van der Waals surface area contributed by atoms with Gasteiger partial charge in [-0.2, -0.15) is 0 Å². The fraction of sp³-hybridized carbons (Fsp3) is 0.353. The molecule has 0 fully saturated rings. The van der Waals surface area contributed by atoms with Crippen LogP contribution < -0.4 is 18.5 Å². The van der Waals surface area contributed by atoms with Gasteiger partial charge in [-0.15, -0.1) is 0 Å². The number of nitrogens with zero attached hydrogens (tertiary/aromatic N) is 1. The molecule has 0 spiro atoms. The topological polar surface area (TPSA) is 116 Å². The Hall–Kier alpha value is -2.88. The number of methoxy groups -OCH3 is 2. The lowest BCUT2D eigenvalue weighted by Crippen LogP contribution is -2.28. The average Bonchev–Trinajstić information content (AvgIpc) is 2.96. The van der Waals surface area contributed by atoms with Crippen molar-refractivity contribution in [2.45, 2.75) is 13.8 Å². The minimum atomic E-state index is -3.74. The van der Waals surface area contributed by atoms with Gasteiger partial charge in [-0.3, -0.25) is 4.79 Å². The number of sulfonamides is 1. The zero-order valence-corrected chi connectivity index (χ0v) is 16.4. The summed E-state index contributed by atoms with van der Waals surface area (Å²) in [6.07, 6.45) is 0. The van der Waals surface area contributed by atoms with Crippen LogP contribution in [-0.2, 0) is 14.8 Å². The van der Waals surface area contributed by atoms with Crippen LogP contribution in [0.2, 0.25) is 0 Å². The number of ether oxygens (including phenoxy) is 3. The molecule has 1 aromatic carbocycles. The maximum Gasteiger partial charge on any atom is 0.308 e. The van der Waals surface area contributed by atoms with Crippen molar-refractivity contribution in [3.05, 3.63) is 18.2 Å². The maximum absolute atomic E-state index is 12.2. The number of aromatic hydroxyl groups is 1. The summed E-state index contributed by atoms with van der Waals surface area (Å²) >= 11 is 0. The van der Waals surface area contributed by atoms with Crippen molar-refractivity contribution in [1.29, 1.82) is 0 Å². The van der Waals surface area contributed by atoms with E-state index in [9.17, 15) is 18.3 Å². The molecule has 2 rings (SSSR count). The number of esters is 1. The quantitative estimate of drug-likeness (QED) is 0.706. The fourth-order valence-electron chi connectivity index (χ4n) is 2.33. The van der Waals surface area contributed by atoms with Crippen LogP contribution >= 0.6 is 0 Å². The van der Waals surface area contributed by atoms with Crippen molar-refractivity contribution in [3.8, 4) is 34.3 Å². The number of carbonyl (C=O) groups excluding carboxylic acids is 1. The average molecular weight is 399 g/mol. The fourth-order valence-corrected chi connectivity index (χ4v) is 3.09. The van der Waals surface area contributed by atoms with Gasteiger partial charge in [0.2, 0.25) is 21.5 Å². The number of hydrogen-bond donors (Lipinski definition) is 1. The molecule has 0 bridgehead atoms. The zero-order valence-electron chi connectivity index (χ0n) is 15.6. The largest absolute Gasteiger partial charge is 0.502 e. The first-order valence-electron chi connectivity index (χ1n) is 7.89. The summed E-state index contributed by atoms with van der Waals surface area (Å²) in [5, 5.41) is 10.6. The van der Waals surface area contributed by atoms with E-state index in [4.69, 9.17) is 18.6 Å². The molecule has 27 heavy (non-hydrogen) atoms. The van der Waals surface area contributed by atoms with E-state index in [0.29, 0.717) is 11.5 Å². The molecule has 0 aliphatic carbocycles. The van der Waals surface area contributed by atoms with Crippen LogP contribution in [0.15, 0.2) is 22.6 Å². The third-order valence-electron chi connectivity index (χ3n) is 3.79. The Balaban J connectivity index is 2.75. The van der Waals surface area contributed by atoms with E-state index in [-0.39, 0.29) is 23.0 Å². The van der Waals surface area contributed by atoms with E-state index in [2.05, 4.69) is 0 Å². The van der Waals surface area contributed by atoms with Crippen molar-refractivity contribution in [2.24, 2.45) is 0 Å². The zero-order chi connectivity index (χ0) is 20.4. The highest BCUT2D eigenvalue weighted by atomic mass is 32.2. The molecule has 0 saturated carbocycles. The Morgan fingerprint density at radius 1 is 1.26 bits per heavy atom. The number of rotatable bonds is 7. The van der Waals surface area contributed by atoms with Crippen LogP contribution in [0.3, 0.4) is 0 Å². The number of carbonyl (C=O) groups is 1. The van der Waals surface area contributed by atoms with E-state index in [1.807, 2.05) is 0 Å². The van der Waals surface area contributed by atoms with Gasteiger partial charge in [-0.25, -0.2) is 12.7 Å².